The van der Waals surface area contributed by atoms with E-state index in [-0.39, 0.29) is 5.91 Å². The molecule has 0 bridgehead atoms. The van der Waals surface area contributed by atoms with Gasteiger partial charge in [0, 0.05) is 38.1 Å². The lowest BCUT2D eigenvalue weighted by molar-refractivity contribution is -0.121. The summed E-state index contributed by atoms with van der Waals surface area (Å²) in [6, 6.07) is 5.67. The Morgan fingerprint density at radius 2 is 2.21 bits per heavy atom. The lowest BCUT2D eigenvalue weighted by atomic mass is 10.0. The Morgan fingerprint density at radius 3 is 2.92 bits per heavy atom. The van der Waals surface area contributed by atoms with Gasteiger partial charge >= 0.3 is 0 Å². The van der Waals surface area contributed by atoms with Crippen LogP contribution in [0.5, 0.6) is 0 Å². The molecule has 1 N–H and O–H groups in total. The van der Waals surface area contributed by atoms with Crippen molar-refractivity contribution in [2.75, 3.05) is 0 Å². The first-order chi connectivity index (χ1) is 11.7. The number of amides is 1. The Bertz CT molecular complexity index is 769. The van der Waals surface area contributed by atoms with E-state index in [9.17, 15) is 4.79 Å². The molecule has 1 aliphatic rings. The molecular weight excluding hydrogens is 304 g/mol. The van der Waals surface area contributed by atoms with Crippen LogP contribution in [0.2, 0.25) is 0 Å². The Hall–Kier alpha value is -3.01. The molecule has 7 nitrogen and oxygen atoms in total. The number of nitrogens with zero attached hydrogens (tertiary/aromatic N) is 5. The van der Waals surface area contributed by atoms with Crippen LogP contribution in [-0.2, 0) is 11.3 Å². The first kappa shape index (κ1) is 15.9. The molecule has 0 saturated carbocycles. The van der Waals surface area contributed by atoms with Crippen LogP contribution in [0.15, 0.2) is 47.1 Å². The standard InChI is InChI=1S/C17H18N6O/c1-2-3-8-17(21-22-17)9-7-16(24)19-12-14-5-4-6-15(20-14)23-11-10-18-13-23/h1,4-6,10-11,13H,3,7-9,12H2,(H,19,24). The van der Waals surface area contributed by atoms with Crippen molar-refractivity contribution in [3.05, 3.63) is 42.6 Å². The molecule has 0 atom stereocenters. The molecule has 0 radical (unpaired) electrons. The maximum atomic E-state index is 12.0. The molecule has 24 heavy (non-hydrogen) atoms. The molecule has 3 heterocycles. The molecular formula is C17H18N6O. The van der Waals surface area contributed by atoms with Crippen molar-refractivity contribution in [3.63, 3.8) is 0 Å². The minimum atomic E-state index is -0.413. The predicted octanol–water partition coefficient (Wildman–Crippen LogP) is 2.24. The fourth-order valence-electron chi connectivity index (χ4n) is 2.36. The lowest BCUT2D eigenvalue weighted by Gasteiger charge is -2.09. The number of hydrogen-bond donors (Lipinski definition) is 1. The summed E-state index contributed by atoms with van der Waals surface area (Å²) in [4.78, 5) is 20.5. The molecule has 7 heteroatoms. The van der Waals surface area contributed by atoms with Crippen molar-refractivity contribution in [2.45, 2.75) is 37.9 Å². The maximum absolute atomic E-state index is 12.0. The summed E-state index contributed by atoms with van der Waals surface area (Å²) in [7, 11) is 0. The van der Waals surface area contributed by atoms with Gasteiger partial charge in [-0.3, -0.25) is 9.36 Å². The van der Waals surface area contributed by atoms with E-state index in [0.29, 0.717) is 32.2 Å². The summed E-state index contributed by atoms with van der Waals surface area (Å²) in [6.45, 7) is 0.382. The molecule has 0 aliphatic carbocycles. The fraction of sp³-hybridized carbons (Fsp3) is 0.353. The molecule has 3 rings (SSSR count). The average molecular weight is 322 g/mol. The van der Waals surface area contributed by atoms with Gasteiger partial charge in [0.15, 0.2) is 5.66 Å². The zero-order valence-corrected chi connectivity index (χ0v) is 13.2. The zero-order valence-electron chi connectivity index (χ0n) is 13.2. The van der Waals surface area contributed by atoms with Crippen LogP contribution < -0.4 is 5.32 Å². The Kier molecular flexibility index (Phi) is 4.66. The molecule has 0 unspecified atom stereocenters. The highest BCUT2D eigenvalue weighted by atomic mass is 16.1. The summed E-state index contributed by atoms with van der Waals surface area (Å²) < 4.78 is 1.82. The van der Waals surface area contributed by atoms with E-state index >= 15 is 0 Å². The summed E-state index contributed by atoms with van der Waals surface area (Å²) in [6.07, 6.45) is 12.8. The van der Waals surface area contributed by atoms with Crippen LogP contribution in [-0.4, -0.2) is 26.1 Å². The van der Waals surface area contributed by atoms with Crippen LogP contribution in [0.1, 0.15) is 31.4 Å². The number of nitrogens with one attached hydrogen (secondary N) is 1. The van der Waals surface area contributed by atoms with Crippen molar-refractivity contribution in [1.29, 1.82) is 0 Å². The molecule has 2 aromatic heterocycles. The highest BCUT2D eigenvalue weighted by Crippen LogP contribution is 2.37. The second-order valence-corrected chi connectivity index (χ2v) is 5.62. The van der Waals surface area contributed by atoms with Crippen molar-refractivity contribution in [2.24, 2.45) is 10.2 Å². The van der Waals surface area contributed by atoms with Crippen molar-refractivity contribution < 1.29 is 4.79 Å². The molecule has 1 aliphatic heterocycles. The summed E-state index contributed by atoms with van der Waals surface area (Å²) in [5.74, 6) is 3.31. The van der Waals surface area contributed by atoms with Crippen LogP contribution in [0.3, 0.4) is 0 Å². The normalized spacial score (nSPS) is 14.1. The van der Waals surface area contributed by atoms with Gasteiger partial charge in [-0.05, 0) is 12.1 Å². The number of rotatable bonds is 8. The van der Waals surface area contributed by atoms with Gasteiger partial charge in [-0.2, -0.15) is 10.2 Å². The topological polar surface area (TPSA) is 84.5 Å². The Balaban J connectivity index is 1.47. The number of imidazole rings is 1. The molecule has 122 valence electrons. The maximum Gasteiger partial charge on any atom is 0.220 e. The van der Waals surface area contributed by atoms with Gasteiger partial charge in [0.25, 0.3) is 0 Å². The summed E-state index contributed by atoms with van der Waals surface area (Å²) in [5.41, 5.74) is 0.376. The van der Waals surface area contributed by atoms with Crippen molar-refractivity contribution in [3.8, 4) is 18.2 Å². The smallest absolute Gasteiger partial charge is 0.220 e. The largest absolute Gasteiger partial charge is 0.350 e. The molecule has 0 saturated heterocycles. The molecule has 0 spiro atoms. The molecule has 1 amide bonds. The summed E-state index contributed by atoms with van der Waals surface area (Å²) in [5, 5.41) is 10.9. The molecule has 0 fully saturated rings. The van der Waals surface area contributed by atoms with Crippen LogP contribution in [0.4, 0.5) is 0 Å². The number of carbonyl (C=O) groups excluding carboxylic acids is 1. The average Bonchev–Trinajstić information content (AvgIpc) is 3.16. The highest BCUT2D eigenvalue weighted by molar-refractivity contribution is 5.75. The Labute approximate surface area is 140 Å². The first-order valence-electron chi connectivity index (χ1n) is 7.79. The van der Waals surface area contributed by atoms with E-state index < -0.39 is 5.66 Å². The predicted molar refractivity (Wildman–Crippen MR) is 88.1 cm³/mol. The van der Waals surface area contributed by atoms with E-state index in [2.05, 4.69) is 31.4 Å². The van der Waals surface area contributed by atoms with Crippen LogP contribution in [0, 0.1) is 12.3 Å². The van der Waals surface area contributed by atoms with Gasteiger partial charge in [-0.15, -0.1) is 12.3 Å². The molecule has 2 aromatic rings. The minimum absolute atomic E-state index is 0.0396. The second-order valence-electron chi connectivity index (χ2n) is 5.62. The monoisotopic (exact) mass is 322 g/mol. The van der Waals surface area contributed by atoms with Gasteiger partial charge in [0.05, 0.1) is 12.2 Å². The Morgan fingerprint density at radius 1 is 1.33 bits per heavy atom. The van der Waals surface area contributed by atoms with Crippen molar-refractivity contribution >= 4 is 5.91 Å². The van der Waals surface area contributed by atoms with Gasteiger partial charge in [-0.25, -0.2) is 9.97 Å². The highest BCUT2D eigenvalue weighted by Gasteiger charge is 2.39. The van der Waals surface area contributed by atoms with Gasteiger partial charge in [0.1, 0.15) is 12.1 Å². The SMILES string of the molecule is C#CCCC1(CCC(=O)NCc2cccc(-n3ccnc3)n2)N=N1. The van der Waals surface area contributed by atoms with Crippen molar-refractivity contribution in [1.82, 2.24) is 19.9 Å². The quantitative estimate of drug-likeness (QED) is 0.756. The molecule has 0 aromatic carbocycles. The van der Waals surface area contributed by atoms with E-state index in [1.54, 1.807) is 12.5 Å². The van der Waals surface area contributed by atoms with Gasteiger partial charge < -0.3 is 5.32 Å². The van der Waals surface area contributed by atoms with Crippen LogP contribution in [0.25, 0.3) is 5.82 Å². The van der Waals surface area contributed by atoms with E-state index in [1.807, 2.05) is 29.0 Å². The number of carbonyl (C=O) groups is 1. The number of pyridine rings is 1. The van der Waals surface area contributed by atoms with E-state index in [1.165, 1.54) is 0 Å². The third-order valence-electron chi connectivity index (χ3n) is 3.83. The lowest BCUT2D eigenvalue weighted by Crippen LogP contribution is -2.25. The fourth-order valence-corrected chi connectivity index (χ4v) is 2.36. The van der Waals surface area contributed by atoms with E-state index in [4.69, 9.17) is 6.42 Å². The zero-order chi connectivity index (χ0) is 16.8. The third kappa shape index (κ3) is 4.04. The first-order valence-corrected chi connectivity index (χ1v) is 7.79. The van der Waals surface area contributed by atoms with Gasteiger partial charge in [0.2, 0.25) is 5.91 Å². The van der Waals surface area contributed by atoms with Gasteiger partial charge in [-0.1, -0.05) is 6.07 Å². The third-order valence-corrected chi connectivity index (χ3v) is 3.83. The number of terminal acetylenes is 1. The van der Waals surface area contributed by atoms with Crippen LogP contribution >= 0.6 is 0 Å². The number of aromatic nitrogens is 3. The van der Waals surface area contributed by atoms with E-state index in [0.717, 1.165) is 11.5 Å². The summed E-state index contributed by atoms with van der Waals surface area (Å²) >= 11 is 0. The number of hydrogen-bond acceptors (Lipinski definition) is 5. The minimum Gasteiger partial charge on any atom is -0.350 e. The second kappa shape index (κ2) is 7.04.